The van der Waals surface area contributed by atoms with Gasteiger partial charge in [-0.05, 0) is 18.9 Å². The SMILES string of the molecule is CCC(NC(=O)CSc1n[nH]c(-c2ccccc2)n1)c1ccc(C)cc1. The molecule has 0 aliphatic heterocycles. The van der Waals surface area contributed by atoms with Gasteiger partial charge < -0.3 is 5.32 Å². The lowest BCUT2D eigenvalue weighted by atomic mass is 10.0. The van der Waals surface area contributed by atoms with Crippen LogP contribution in [-0.2, 0) is 4.79 Å². The monoisotopic (exact) mass is 366 g/mol. The molecular weight excluding hydrogens is 344 g/mol. The molecule has 1 aromatic heterocycles. The lowest BCUT2D eigenvalue weighted by Gasteiger charge is -2.17. The Morgan fingerprint density at radius 2 is 1.88 bits per heavy atom. The van der Waals surface area contributed by atoms with Gasteiger partial charge in [-0.2, -0.15) is 0 Å². The standard InChI is InChI=1S/C20H22N4OS/c1-3-17(15-11-9-14(2)10-12-15)21-18(25)13-26-20-22-19(23-24-20)16-7-5-4-6-8-16/h4-12,17H,3,13H2,1-2H3,(H,21,25)(H,22,23,24). The number of carbonyl (C=O) groups is 1. The molecule has 2 N–H and O–H groups in total. The minimum atomic E-state index is -0.0199. The van der Waals surface area contributed by atoms with Crippen LogP contribution in [0.25, 0.3) is 11.4 Å². The number of amides is 1. The largest absolute Gasteiger partial charge is 0.349 e. The smallest absolute Gasteiger partial charge is 0.230 e. The van der Waals surface area contributed by atoms with Gasteiger partial charge >= 0.3 is 0 Å². The number of H-pyrrole nitrogens is 1. The number of aromatic amines is 1. The van der Waals surface area contributed by atoms with Gasteiger partial charge in [-0.1, -0.05) is 78.8 Å². The summed E-state index contributed by atoms with van der Waals surface area (Å²) in [4.78, 5) is 16.7. The molecule has 1 atom stereocenters. The van der Waals surface area contributed by atoms with Crippen LogP contribution in [0, 0.1) is 6.92 Å². The van der Waals surface area contributed by atoms with Crippen LogP contribution in [-0.4, -0.2) is 26.8 Å². The van der Waals surface area contributed by atoms with Crippen molar-refractivity contribution in [3.63, 3.8) is 0 Å². The minimum absolute atomic E-state index is 0.0199. The van der Waals surface area contributed by atoms with Gasteiger partial charge in [-0.15, -0.1) is 5.10 Å². The zero-order valence-corrected chi connectivity index (χ0v) is 15.7. The van der Waals surface area contributed by atoms with Crippen LogP contribution >= 0.6 is 11.8 Å². The summed E-state index contributed by atoms with van der Waals surface area (Å²) in [6.45, 7) is 4.12. The normalized spacial score (nSPS) is 11.9. The van der Waals surface area contributed by atoms with Crippen LogP contribution in [0.3, 0.4) is 0 Å². The summed E-state index contributed by atoms with van der Waals surface area (Å²) in [5.41, 5.74) is 3.31. The lowest BCUT2D eigenvalue weighted by molar-refractivity contribution is -0.119. The van der Waals surface area contributed by atoms with Crippen LogP contribution in [0.2, 0.25) is 0 Å². The molecule has 6 heteroatoms. The summed E-state index contributed by atoms with van der Waals surface area (Å²) in [5.74, 6) is 0.974. The van der Waals surface area contributed by atoms with Crippen molar-refractivity contribution < 1.29 is 4.79 Å². The van der Waals surface area contributed by atoms with E-state index in [9.17, 15) is 4.79 Å². The van der Waals surface area contributed by atoms with E-state index in [1.165, 1.54) is 17.3 Å². The Morgan fingerprint density at radius 3 is 2.58 bits per heavy atom. The fourth-order valence-corrected chi connectivity index (χ4v) is 3.23. The predicted molar refractivity (Wildman–Crippen MR) is 105 cm³/mol. The summed E-state index contributed by atoms with van der Waals surface area (Å²) < 4.78 is 0. The van der Waals surface area contributed by atoms with E-state index in [-0.39, 0.29) is 17.7 Å². The topological polar surface area (TPSA) is 70.7 Å². The molecule has 0 spiro atoms. The van der Waals surface area contributed by atoms with Crippen LogP contribution in [0.1, 0.15) is 30.5 Å². The van der Waals surface area contributed by atoms with Gasteiger partial charge in [0.2, 0.25) is 11.1 Å². The van der Waals surface area contributed by atoms with Gasteiger partial charge in [-0.3, -0.25) is 9.89 Å². The van der Waals surface area contributed by atoms with E-state index >= 15 is 0 Å². The molecule has 3 rings (SSSR count). The highest BCUT2D eigenvalue weighted by Crippen LogP contribution is 2.20. The van der Waals surface area contributed by atoms with E-state index in [1.54, 1.807) is 0 Å². The molecule has 0 aliphatic carbocycles. The summed E-state index contributed by atoms with van der Waals surface area (Å²) in [5, 5.41) is 10.8. The zero-order chi connectivity index (χ0) is 18.4. The first-order valence-corrected chi connectivity index (χ1v) is 9.61. The second kappa shape index (κ2) is 8.67. The summed E-state index contributed by atoms with van der Waals surface area (Å²) >= 11 is 1.33. The fourth-order valence-electron chi connectivity index (χ4n) is 2.62. The molecule has 0 aliphatic rings. The van der Waals surface area contributed by atoms with Crippen LogP contribution < -0.4 is 5.32 Å². The van der Waals surface area contributed by atoms with E-state index in [1.807, 2.05) is 30.3 Å². The van der Waals surface area contributed by atoms with Crippen molar-refractivity contribution in [1.82, 2.24) is 20.5 Å². The second-order valence-electron chi connectivity index (χ2n) is 6.06. The number of aromatic nitrogens is 3. The highest BCUT2D eigenvalue weighted by Gasteiger charge is 2.14. The third kappa shape index (κ3) is 4.73. The van der Waals surface area contributed by atoms with E-state index in [0.29, 0.717) is 11.0 Å². The van der Waals surface area contributed by atoms with Crippen LogP contribution in [0.5, 0.6) is 0 Å². The number of nitrogens with zero attached hydrogens (tertiary/aromatic N) is 2. The minimum Gasteiger partial charge on any atom is -0.349 e. The van der Waals surface area contributed by atoms with Crippen LogP contribution in [0.15, 0.2) is 59.8 Å². The third-order valence-electron chi connectivity index (χ3n) is 4.07. The first-order valence-electron chi connectivity index (χ1n) is 8.62. The molecule has 3 aromatic rings. The molecule has 1 heterocycles. The molecule has 134 valence electrons. The molecule has 2 aromatic carbocycles. The Bertz CT molecular complexity index is 846. The first kappa shape index (κ1) is 18.2. The average molecular weight is 366 g/mol. The Balaban J connectivity index is 1.55. The maximum absolute atomic E-state index is 12.3. The molecule has 1 unspecified atom stereocenters. The number of hydrogen-bond acceptors (Lipinski definition) is 4. The predicted octanol–water partition coefficient (Wildman–Crippen LogP) is 4.14. The van der Waals surface area contributed by atoms with Gasteiger partial charge in [0.25, 0.3) is 0 Å². The molecule has 0 radical (unpaired) electrons. The highest BCUT2D eigenvalue weighted by atomic mass is 32.2. The maximum Gasteiger partial charge on any atom is 0.230 e. The molecule has 0 fully saturated rings. The Kier molecular flexibility index (Phi) is 6.07. The van der Waals surface area contributed by atoms with Crippen molar-refractivity contribution in [2.45, 2.75) is 31.5 Å². The molecule has 0 saturated heterocycles. The lowest BCUT2D eigenvalue weighted by Crippen LogP contribution is -2.29. The first-order chi connectivity index (χ1) is 12.7. The van der Waals surface area contributed by atoms with Crippen molar-refractivity contribution in [1.29, 1.82) is 0 Å². The quantitative estimate of drug-likeness (QED) is 0.617. The van der Waals surface area contributed by atoms with Crippen molar-refractivity contribution in [2.75, 3.05) is 5.75 Å². The van der Waals surface area contributed by atoms with E-state index < -0.39 is 0 Å². The average Bonchev–Trinajstić information content (AvgIpc) is 3.15. The third-order valence-corrected chi connectivity index (χ3v) is 4.91. The number of rotatable bonds is 7. The Hall–Kier alpha value is -2.60. The van der Waals surface area contributed by atoms with Crippen LogP contribution in [0.4, 0.5) is 0 Å². The van der Waals surface area contributed by atoms with Gasteiger partial charge in [-0.25, -0.2) is 4.98 Å². The number of carbonyl (C=O) groups excluding carboxylic acids is 1. The van der Waals surface area contributed by atoms with E-state index in [2.05, 4.69) is 58.6 Å². The number of aryl methyl sites for hydroxylation is 1. The molecule has 1 amide bonds. The van der Waals surface area contributed by atoms with Gasteiger partial charge in [0.15, 0.2) is 5.82 Å². The van der Waals surface area contributed by atoms with Crippen molar-refractivity contribution in [3.05, 3.63) is 65.7 Å². The molecule has 0 bridgehead atoms. The highest BCUT2D eigenvalue weighted by molar-refractivity contribution is 7.99. The van der Waals surface area contributed by atoms with Crippen molar-refractivity contribution >= 4 is 17.7 Å². The summed E-state index contributed by atoms with van der Waals surface area (Å²) in [6.07, 6.45) is 0.846. The molecular formula is C20H22N4OS. The van der Waals surface area contributed by atoms with Crippen molar-refractivity contribution in [3.8, 4) is 11.4 Å². The molecule has 0 saturated carbocycles. The number of thioether (sulfide) groups is 1. The summed E-state index contributed by atoms with van der Waals surface area (Å²) in [7, 11) is 0. The maximum atomic E-state index is 12.3. The van der Waals surface area contributed by atoms with Gasteiger partial charge in [0.1, 0.15) is 0 Å². The van der Waals surface area contributed by atoms with E-state index in [0.717, 1.165) is 17.5 Å². The fraction of sp³-hybridized carbons (Fsp3) is 0.250. The molecule has 5 nitrogen and oxygen atoms in total. The zero-order valence-electron chi connectivity index (χ0n) is 14.9. The number of benzene rings is 2. The van der Waals surface area contributed by atoms with Gasteiger partial charge in [0.05, 0.1) is 11.8 Å². The van der Waals surface area contributed by atoms with E-state index in [4.69, 9.17) is 0 Å². The second-order valence-corrected chi connectivity index (χ2v) is 7.00. The van der Waals surface area contributed by atoms with Crippen molar-refractivity contribution in [2.24, 2.45) is 0 Å². The summed E-state index contributed by atoms with van der Waals surface area (Å²) in [6, 6.07) is 18.1. The number of nitrogens with one attached hydrogen (secondary N) is 2. The molecule has 26 heavy (non-hydrogen) atoms. The Morgan fingerprint density at radius 1 is 1.15 bits per heavy atom. The van der Waals surface area contributed by atoms with Gasteiger partial charge in [0, 0.05) is 5.56 Å². The Labute approximate surface area is 157 Å². The number of hydrogen-bond donors (Lipinski definition) is 2.